The molecule has 0 atom stereocenters. The number of aromatic nitrogens is 2. The molecule has 0 bridgehead atoms. The summed E-state index contributed by atoms with van der Waals surface area (Å²) in [6.45, 7) is 5.81. The first-order valence-corrected chi connectivity index (χ1v) is 11.1. The lowest BCUT2D eigenvalue weighted by atomic mass is 9.82. The third-order valence-electron chi connectivity index (χ3n) is 5.50. The van der Waals surface area contributed by atoms with Crippen molar-refractivity contribution < 1.29 is 14.6 Å². The van der Waals surface area contributed by atoms with Crippen molar-refractivity contribution >= 4 is 28.6 Å². The molecule has 2 aromatic rings. The summed E-state index contributed by atoms with van der Waals surface area (Å²) in [5.41, 5.74) is 3.58. The number of ether oxygens (including phenoxy) is 1. The van der Waals surface area contributed by atoms with Gasteiger partial charge in [0.05, 0.1) is 15.9 Å². The molecule has 6 heteroatoms. The normalized spacial score (nSPS) is 19.9. The van der Waals surface area contributed by atoms with E-state index in [2.05, 4.69) is 65.4 Å². The highest BCUT2D eigenvalue weighted by atomic mass is 127. The molecule has 1 heterocycles. The highest BCUT2D eigenvalue weighted by Gasteiger charge is 2.25. The Morgan fingerprint density at radius 2 is 1.86 bits per heavy atom. The van der Waals surface area contributed by atoms with Crippen molar-refractivity contribution in [1.82, 2.24) is 9.78 Å². The summed E-state index contributed by atoms with van der Waals surface area (Å²) in [5, 5.41) is 13.7. The van der Waals surface area contributed by atoms with Crippen molar-refractivity contribution in [2.24, 2.45) is 11.8 Å². The van der Waals surface area contributed by atoms with Gasteiger partial charge in [0.15, 0.2) is 0 Å². The molecule has 0 spiro atoms. The van der Waals surface area contributed by atoms with E-state index in [0.717, 1.165) is 37.9 Å². The van der Waals surface area contributed by atoms with Gasteiger partial charge in [0.1, 0.15) is 12.3 Å². The molecule has 1 saturated carbocycles. The number of aliphatic carboxylic acids is 1. The zero-order valence-corrected chi connectivity index (χ0v) is 18.8. The fourth-order valence-corrected chi connectivity index (χ4v) is 5.38. The van der Waals surface area contributed by atoms with Gasteiger partial charge >= 0.3 is 5.97 Å². The maximum absolute atomic E-state index is 10.6. The average molecular weight is 496 g/mol. The summed E-state index contributed by atoms with van der Waals surface area (Å²) in [4.78, 5) is 10.6. The van der Waals surface area contributed by atoms with E-state index in [0.29, 0.717) is 24.4 Å². The molecule has 1 aromatic heterocycles. The Morgan fingerprint density at radius 3 is 2.46 bits per heavy atom. The first kappa shape index (κ1) is 21.3. The average Bonchev–Trinajstić information content (AvgIpc) is 2.99. The molecule has 1 aliphatic rings. The molecule has 1 aromatic carbocycles. The number of carboxylic acid groups (broad SMARTS) is 1. The summed E-state index contributed by atoms with van der Waals surface area (Å²) in [6, 6.07) is 10.4. The lowest BCUT2D eigenvalue weighted by Gasteiger charge is -2.28. The second-order valence-electron chi connectivity index (χ2n) is 8.05. The highest BCUT2D eigenvalue weighted by Crippen LogP contribution is 2.34. The van der Waals surface area contributed by atoms with Crippen molar-refractivity contribution in [3.05, 3.63) is 39.6 Å². The van der Waals surface area contributed by atoms with Crippen molar-refractivity contribution in [1.29, 1.82) is 0 Å². The van der Waals surface area contributed by atoms with Crippen LogP contribution in [0.2, 0.25) is 0 Å². The lowest BCUT2D eigenvalue weighted by Crippen LogP contribution is -2.24. The number of hydrogen-bond acceptors (Lipinski definition) is 3. The molecule has 1 fully saturated rings. The number of rotatable bonds is 8. The Balaban J connectivity index is 1.65. The lowest BCUT2D eigenvalue weighted by molar-refractivity contribution is -0.142. The first-order valence-electron chi connectivity index (χ1n) is 10.1. The Kier molecular flexibility index (Phi) is 7.51. The first-order chi connectivity index (χ1) is 13.5. The number of carbonyl (C=O) groups is 1. The standard InChI is InChI=1S/C22H29IN2O3/c1-15(2)22-20(23)21(18-6-4-3-5-7-18)24-25(22)12-16-8-10-17(11-9-16)13-28-14-19(26)27/h3-7,15-17H,8-14H2,1-2H3,(H,26,27)/t16-,17+. The van der Waals surface area contributed by atoms with Gasteiger partial charge < -0.3 is 9.84 Å². The highest BCUT2D eigenvalue weighted by molar-refractivity contribution is 14.1. The molecule has 1 N–H and O–H groups in total. The van der Waals surface area contributed by atoms with Crippen molar-refractivity contribution in [3.63, 3.8) is 0 Å². The number of carboxylic acids is 1. The Morgan fingerprint density at radius 1 is 1.21 bits per heavy atom. The molecule has 0 unspecified atom stereocenters. The van der Waals surface area contributed by atoms with Gasteiger partial charge in [-0.05, 0) is 66.0 Å². The van der Waals surface area contributed by atoms with Crippen molar-refractivity contribution in [3.8, 4) is 11.3 Å². The van der Waals surface area contributed by atoms with Crippen LogP contribution in [0, 0.1) is 15.4 Å². The van der Waals surface area contributed by atoms with E-state index in [1.54, 1.807) is 0 Å². The van der Waals surface area contributed by atoms with E-state index < -0.39 is 5.97 Å². The molecule has 1 aliphatic carbocycles. The number of nitrogens with zero attached hydrogens (tertiary/aromatic N) is 2. The molecule has 3 rings (SSSR count). The topological polar surface area (TPSA) is 64.4 Å². The second kappa shape index (κ2) is 9.87. The number of benzene rings is 1. The molecular formula is C22H29IN2O3. The van der Waals surface area contributed by atoms with Gasteiger partial charge in [0.2, 0.25) is 0 Å². The molecule has 28 heavy (non-hydrogen) atoms. The molecule has 5 nitrogen and oxygen atoms in total. The monoisotopic (exact) mass is 496 g/mol. The smallest absolute Gasteiger partial charge is 0.329 e. The molecule has 0 radical (unpaired) electrons. The van der Waals surface area contributed by atoms with Gasteiger partial charge in [0, 0.05) is 12.1 Å². The number of halogens is 1. The van der Waals surface area contributed by atoms with E-state index in [1.165, 1.54) is 14.8 Å². The van der Waals surface area contributed by atoms with Crippen LogP contribution in [0.25, 0.3) is 11.3 Å². The van der Waals surface area contributed by atoms with Crippen LogP contribution in [0.3, 0.4) is 0 Å². The summed E-state index contributed by atoms with van der Waals surface area (Å²) in [6.07, 6.45) is 4.50. The minimum absolute atomic E-state index is 0.189. The van der Waals surface area contributed by atoms with E-state index in [-0.39, 0.29) is 6.61 Å². The minimum atomic E-state index is -0.891. The number of hydrogen-bond donors (Lipinski definition) is 1. The summed E-state index contributed by atoms with van der Waals surface area (Å²) < 4.78 is 8.78. The summed E-state index contributed by atoms with van der Waals surface area (Å²) >= 11 is 2.45. The van der Waals surface area contributed by atoms with Gasteiger partial charge in [-0.1, -0.05) is 44.2 Å². The van der Waals surface area contributed by atoms with Crippen LogP contribution in [0.4, 0.5) is 0 Å². The van der Waals surface area contributed by atoms with Crippen LogP contribution in [0.15, 0.2) is 30.3 Å². The summed E-state index contributed by atoms with van der Waals surface area (Å²) in [7, 11) is 0. The second-order valence-corrected chi connectivity index (χ2v) is 9.13. The van der Waals surface area contributed by atoms with Crippen LogP contribution in [-0.4, -0.2) is 34.1 Å². The van der Waals surface area contributed by atoms with Crippen molar-refractivity contribution in [2.75, 3.05) is 13.2 Å². The van der Waals surface area contributed by atoms with E-state index in [4.69, 9.17) is 14.9 Å². The maximum Gasteiger partial charge on any atom is 0.329 e. The predicted molar refractivity (Wildman–Crippen MR) is 118 cm³/mol. The van der Waals surface area contributed by atoms with Gasteiger partial charge in [-0.2, -0.15) is 5.10 Å². The van der Waals surface area contributed by atoms with Crippen LogP contribution < -0.4 is 0 Å². The van der Waals surface area contributed by atoms with Gasteiger partial charge in [0.25, 0.3) is 0 Å². The van der Waals surface area contributed by atoms with E-state index in [9.17, 15) is 4.79 Å². The van der Waals surface area contributed by atoms with Crippen LogP contribution in [-0.2, 0) is 16.1 Å². The van der Waals surface area contributed by atoms with E-state index >= 15 is 0 Å². The minimum Gasteiger partial charge on any atom is -0.480 e. The van der Waals surface area contributed by atoms with Crippen LogP contribution in [0.5, 0.6) is 0 Å². The SMILES string of the molecule is CC(C)c1c(I)c(-c2ccccc2)nn1C[C@H]1CC[C@@H](COCC(=O)O)CC1. The van der Waals surface area contributed by atoms with E-state index in [1.807, 2.05) is 6.07 Å². The Labute approximate surface area is 180 Å². The summed E-state index contributed by atoms with van der Waals surface area (Å²) in [5.74, 6) is 0.639. The Bertz CT molecular complexity index is 781. The van der Waals surface area contributed by atoms with Gasteiger partial charge in [-0.25, -0.2) is 4.79 Å². The predicted octanol–water partition coefficient (Wildman–Crippen LogP) is 5.19. The van der Waals surface area contributed by atoms with Crippen LogP contribution >= 0.6 is 22.6 Å². The fraction of sp³-hybridized carbons (Fsp3) is 0.545. The maximum atomic E-state index is 10.6. The molecule has 0 saturated heterocycles. The third kappa shape index (κ3) is 5.35. The zero-order chi connectivity index (χ0) is 20.1. The molecule has 0 amide bonds. The molecule has 0 aliphatic heterocycles. The van der Waals surface area contributed by atoms with Crippen LogP contribution in [0.1, 0.15) is 51.1 Å². The van der Waals surface area contributed by atoms with Gasteiger partial charge in [-0.15, -0.1) is 0 Å². The quantitative estimate of drug-likeness (QED) is 0.512. The molecule has 152 valence electrons. The van der Waals surface area contributed by atoms with Crippen molar-refractivity contribution in [2.45, 2.75) is 52.0 Å². The third-order valence-corrected chi connectivity index (χ3v) is 6.57. The largest absolute Gasteiger partial charge is 0.480 e. The van der Waals surface area contributed by atoms with Gasteiger partial charge in [-0.3, -0.25) is 4.68 Å². The zero-order valence-electron chi connectivity index (χ0n) is 16.6. The molecular weight excluding hydrogens is 467 g/mol. The fourth-order valence-electron chi connectivity index (χ4n) is 4.06. The Hall–Kier alpha value is -1.41.